The van der Waals surface area contributed by atoms with Crippen LogP contribution in [0.25, 0.3) is 0 Å². The molecule has 4 aliphatic carbocycles. The first kappa shape index (κ1) is 10.8. The van der Waals surface area contributed by atoms with Crippen molar-refractivity contribution in [2.24, 2.45) is 41.2 Å². The molecule has 0 aromatic carbocycles. The molecule has 1 nitrogen and oxygen atoms in total. The molecule has 2 N–H and O–H groups in total. The van der Waals surface area contributed by atoms with Crippen LogP contribution in [0.1, 0.15) is 57.8 Å². The Morgan fingerprint density at radius 1 is 0.882 bits per heavy atom. The van der Waals surface area contributed by atoms with Gasteiger partial charge in [-0.1, -0.05) is 32.1 Å². The van der Waals surface area contributed by atoms with Crippen molar-refractivity contribution in [2.45, 2.75) is 63.8 Å². The summed E-state index contributed by atoms with van der Waals surface area (Å²) in [6.45, 7) is 0. The van der Waals surface area contributed by atoms with Gasteiger partial charge in [0.1, 0.15) is 0 Å². The highest BCUT2D eigenvalue weighted by molar-refractivity contribution is 5.15. The van der Waals surface area contributed by atoms with Gasteiger partial charge in [-0.05, 0) is 61.2 Å². The van der Waals surface area contributed by atoms with Crippen LogP contribution in [0, 0.1) is 35.5 Å². The molecule has 4 fully saturated rings. The average molecular weight is 233 g/mol. The molecule has 0 spiro atoms. The van der Waals surface area contributed by atoms with Crippen LogP contribution < -0.4 is 5.73 Å². The summed E-state index contributed by atoms with van der Waals surface area (Å²) >= 11 is 0. The van der Waals surface area contributed by atoms with E-state index in [9.17, 15) is 0 Å². The average Bonchev–Trinajstić information content (AvgIpc) is 2.80. The second-order valence-electron chi connectivity index (χ2n) is 7.47. The molecule has 0 radical (unpaired) electrons. The SMILES string of the molecule is NC(CC1CCCCC1)C1C2C3CCC(C3)C12. The zero-order valence-electron chi connectivity index (χ0n) is 11.0. The molecule has 0 amide bonds. The lowest BCUT2D eigenvalue weighted by atomic mass is 9.83. The standard InChI is InChI=1S/C16H27N/c17-13(8-10-4-2-1-3-5-10)16-14-11-6-7-12(9-11)15(14)16/h10-16H,1-9,17H2. The lowest BCUT2D eigenvalue weighted by molar-refractivity contribution is 0.289. The highest BCUT2D eigenvalue weighted by Crippen LogP contribution is 2.70. The first-order valence-corrected chi connectivity index (χ1v) is 8.10. The van der Waals surface area contributed by atoms with Gasteiger partial charge in [0.2, 0.25) is 0 Å². The fourth-order valence-electron chi connectivity index (χ4n) is 5.93. The maximum Gasteiger partial charge on any atom is 0.00755 e. The van der Waals surface area contributed by atoms with Gasteiger partial charge in [0.05, 0.1) is 0 Å². The summed E-state index contributed by atoms with van der Waals surface area (Å²) in [5.41, 5.74) is 6.55. The lowest BCUT2D eigenvalue weighted by Crippen LogP contribution is -2.29. The molecule has 0 aliphatic heterocycles. The van der Waals surface area contributed by atoms with E-state index in [-0.39, 0.29) is 0 Å². The number of hydrogen-bond acceptors (Lipinski definition) is 1. The summed E-state index contributed by atoms with van der Waals surface area (Å²) in [6.07, 6.45) is 13.4. The summed E-state index contributed by atoms with van der Waals surface area (Å²) in [6, 6.07) is 0.566. The van der Waals surface area contributed by atoms with Gasteiger partial charge in [-0.2, -0.15) is 0 Å². The molecule has 5 atom stereocenters. The first-order valence-electron chi connectivity index (χ1n) is 8.10. The Hall–Kier alpha value is -0.0400. The van der Waals surface area contributed by atoms with E-state index in [0.29, 0.717) is 6.04 Å². The molecule has 2 bridgehead atoms. The lowest BCUT2D eigenvalue weighted by Gasteiger charge is -2.25. The fourth-order valence-corrected chi connectivity index (χ4v) is 5.93. The van der Waals surface area contributed by atoms with E-state index < -0.39 is 0 Å². The van der Waals surface area contributed by atoms with Crippen LogP contribution in [0.5, 0.6) is 0 Å². The summed E-state index contributed by atoms with van der Waals surface area (Å²) in [4.78, 5) is 0. The summed E-state index contributed by atoms with van der Waals surface area (Å²) < 4.78 is 0. The van der Waals surface area contributed by atoms with E-state index in [4.69, 9.17) is 5.73 Å². The zero-order valence-corrected chi connectivity index (χ0v) is 11.0. The Balaban J connectivity index is 1.34. The van der Waals surface area contributed by atoms with E-state index in [1.807, 2.05) is 0 Å². The molecule has 5 unspecified atom stereocenters. The molecule has 0 aromatic heterocycles. The molecule has 0 aromatic rings. The summed E-state index contributed by atoms with van der Waals surface area (Å²) in [7, 11) is 0. The quantitative estimate of drug-likeness (QED) is 0.792. The summed E-state index contributed by atoms with van der Waals surface area (Å²) in [5, 5.41) is 0. The first-order chi connectivity index (χ1) is 8.34. The minimum Gasteiger partial charge on any atom is -0.327 e. The van der Waals surface area contributed by atoms with Gasteiger partial charge >= 0.3 is 0 Å². The molecular weight excluding hydrogens is 206 g/mol. The van der Waals surface area contributed by atoms with Crippen LogP contribution in [-0.4, -0.2) is 6.04 Å². The van der Waals surface area contributed by atoms with Crippen LogP contribution in [0.4, 0.5) is 0 Å². The van der Waals surface area contributed by atoms with Gasteiger partial charge in [-0.25, -0.2) is 0 Å². The number of hydrogen-bond donors (Lipinski definition) is 1. The minimum absolute atomic E-state index is 0.566. The Kier molecular flexibility index (Phi) is 2.54. The highest BCUT2D eigenvalue weighted by Gasteiger charge is 2.66. The van der Waals surface area contributed by atoms with Crippen LogP contribution in [-0.2, 0) is 0 Å². The molecule has 1 heteroatoms. The Morgan fingerprint density at radius 2 is 1.53 bits per heavy atom. The van der Waals surface area contributed by atoms with Crippen molar-refractivity contribution in [3.05, 3.63) is 0 Å². The molecule has 0 saturated heterocycles. The molecule has 17 heavy (non-hydrogen) atoms. The van der Waals surface area contributed by atoms with Gasteiger partial charge in [0.25, 0.3) is 0 Å². The molecule has 4 saturated carbocycles. The predicted molar refractivity (Wildman–Crippen MR) is 70.5 cm³/mol. The molecule has 4 rings (SSSR count). The van der Waals surface area contributed by atoms with Gasteiger partial charge < -0.3 is 5.73 Å². The van der Waals surface area contributed by atoms with Gasteiger partial charge in [-0.3, -0.25) is 0 Å². The van der Waals surface area contributed by atoms with Crippen LogP contribution >= 0.6 is 0 Å². The van der Waals surface area contributed by atoms with Crippen molar-refractivity contribution < 1.29 is 0 Å². The maximum absolute atomic E-state index is 6.55. The number of nitrogens with two attached hydrogens (primary N) is 1. The Morgan fingerprint density at radius 3 is 2.18 bits per heavy atom. The Labute approximate surface area is 106 Å². The highest BCUT2D eigenvalue weighted by atomic mass is 14.8. The van der Waals surface area contributed by atoms with E-state index in [0.717, 1.165) is 35.5 Å². The maximum atomic E-state index is 6.55. The van der Waals surface area contributed by atoms with E-state index >= 15 is 0 Å². The normalized spacial score (nSPS) is 50.3. The third-order valence-electron chi connectivity index (χ3n) is 6.62. The predicted octanol–water partition coefficient (Wildman–Crippen LogP) is 3.58. The monoisotopic (exact) mass is 233 g/mol. The Bertz CT molecular complexity index is 278. The molecule has 4 aliphatic rings. The van der Waals surface area contributed by atoms with Gasteiger partial charge in [-0.15, -0.1) is 0 Å². The molecule has 0 heterocycles. The number of rotatable bonds is 3. The largest absolute Gasteiger partial charge is 0.327 e. The third kappa shape index (κ3) is 1.69. The van der Waals surface area contributed by atoms with Crippen molar-refractivity contribution in [3.8, 4) is 0 Å². The van der Waals surface area contributed by atoms with E-state index in [1.165, 1.54) is 38.5 Å². The van der Waals surface area contributed by atoms with Crippen LogP contribution in [0.3, 0.4) is 0 Å². The third-order valence-corrected chi connectivity index (χ3v) is 6.62. The van der Waals surface area contributed by atoms with Crippen molar-refractivity contribution in [1.82, 2.24) is 0 Å². The van der Waals surface area contributed by atoms with Crippen molar-refractivity contribution >= 4 is 0 Å². The van der Waals surface area contributed by atoms with E-state index in [1.54, 1.807) is 19.3 Å². The zero-order chi connectivity index (χ0) is 11.4. The van der Waals surface area contributed by atoms with Crippen molar-refractivity contribution in [3.63, 3.8) is 0 Å². The second kappa shape index (κ2) is 3.98. The molecule has 96 valence electrons. The molecular formula is C16H27N. The fraction of sp³-hybridized carbons (Fsp3) is 1.00. The number of fused-ring (bicyclic) bond motifs is 5. The van der Waals surface area contributed by atoms with Gasteiger partial charge in [0, 0.05) is 6.04 Å². The summed E-state index contributed by atoms with van der Waals surface area (Å²) in [5.74, 6) is 6.33. The van der Waals surface area contributed by atoms with Crippen LogP contribution in [0.15, 0.2) is 0 Å². The second-order valence-corrected chi connectivity index (χ2v) is 7.47. The van der Waals surface area contributed by atoms with Crippen molar-refractivity contribution in [1.29, 1.82) is 0 Å². The van der Waals surface area contributed by atoms with Gasteiger partial charge in [0.15, 0.2) is 0 Å². The minimum atomic E-state index is 0.566. The topological polar surface area (TPSA) is 26.0 Å². The van der Waals surface area contributed by atoms with Crippen molar-refractivity contribution in [2.75, 3.05) is 0 Å². The van der Waals surface area contributed by atoms with Crippen LogP contribution in [0.2, 0.25) is 0 Å². The smallest absolute Gasteiger partial charge is 0.00755 e. The van der Waals surface area contributed by atoms with E-state index in [2.05, 4.69) is 0 Å².